The highest BCUT2D eigenvalue weighted by Crippen LogP contribution is 2.28. The predicted molar refractivity (Wildman–Crippen MR) is 125 cm³/mol. The Balaban J connectivity index is 1.30. The van der Waals surface area contributed by atoms with E-state index in [0.717, 1.165) is 46.4 Å². The van der Waals surface area contributed by atoms with E-state index in [-0.39, 0.29) is 11.8 Å². The topological polar surface area (TPSA) is 125 Å². The van der Waals surface area contributed by atoms with Crippen LogP contribution in [0.15, 0.2) is 55.0 Å². The molecule has 1 fully saturated rings. The Kier molecular flexibility index (Phi) is 5.24. The van der Waals surface area contributed by atoms with Crippen LogP contribution in [-0.2, 0) is 16.6 Å². The fraction of sp³-hybridized carbons (Fsp3) is 0.227. The van der Waals surface area contributed by atoms with Crippen molar-refractivity contribution in [1.29, 1.82) is 0 Å². The zero-order valence-corrected chi connectivity index (χ0v) is 18.3. The van der Waals surface area contributed by atoms with Gasteiger partial charge >= 0.3 is 0 Å². The highest BCUT2D eigenvalue weighted by Gasteiger charge is 2.35. The van der Waals surface area contributed by atoms with Gasteiger partial charge in [-0.25, -0.2) is 23.1 Å². The molecule has 9 nitrogen and oxygen atoms in total. The Labute approximate surface area is 185 Å². The Morgan fingerprint density at radius 3 is 2.75 bits per heavy atom. The molecular weight excluding hydrogens is 426 g/mol. The van der Waals surface area contributed by atoms with Crippen molar-refractivity contribution >= 4 is 44.2 Å². The summed E-state index contributed by atoms with van der Waals surface area (Å²) in [6.07, 6.45) is 4.90. The molecule has 1 aliphatic rings. The minimum Gasteiger partial charge on any atom is -0.345 e. The van der Waals surface area contributed by atoms with Gasteiger partial charge in [0.05, 0.1) is 22.6 Å². The Hall–Kier alpha value is -3.50. The van der Waals surface area contributed by atoms with Crippen LogP contribution in [0.2, 0.25) is 0 Å². The molecule has 1 aliphatic carbocycles. The molecule has 2 aromatic heterocycles. The van der Waals surface area contributed by atoms with E-state index >= 15 is 0 Å². The molecule has 0 unspecified atom stereocenters. The van der Waals surface area contributed by atoms with Gasteiger partial charge in [-0.05, 0) is 55.7 Å². The number of aryl methyl sites for hydroxylation is 1. The molecule has 2 aromatic carbocycles. The molecule has 0 bridgehead atoms. The lowest BCUT2D eigenvalue weighted by Gasteiger charge is -2.12. The van der Waals surface area contributed by atoms with Gasteiger partial charge < -0.3 is 15.6 Å². The minimum atomic E-state index is -3.21. The molecular formula is C22H23N7O2S. The lowest BCUT2D eigenvalue weighted by atomic mass is 10.2. The van der Waals surface area contributed by atoms with Crippen LogP contribution in [0.3, 0.4) is 0 Å². The Morgan fingerprint density at radius 2 is 1.91 bits per heavy atom. The van der Waals surface area contributed by atoms with Crippen LogP contribution >= 0.6 is 0 Å². The maximum absolute atomic E-state index is 12.1. The first-order chi connectivity index (χ1) is 15.5. The third-order valence-electron chi connectivity index (χ3n) is 5.28. The number of fused-ring (bicyclic) bond motifs is 1. The highest BCUT2D eigenvalue weighted by molar-refractivity contribution is 7.90. The van der Waals surface area contributed by atoms with Crippen LogP contribution in [0.1, 0.15) is 24.0 Å². The van der Waals surface area contributed by atoms with Crippen LogP contribution in [0.25, 0.3) is 11.0 Å². The smallest absolute Gasteiger partial charge is 0.229 e. The number of H-pyrrole nitrogens is 1. The summed E-state index contributed by atoms with van der Waals surface area (Å²) in [6, 6.07) is 13.4. The standard InChI is InChI=1S/C22H23N7O2S/c1-14-11-23-22(28-17-5-8-19-20(10-17)25-13-24-19)29-21(14)27-16-4-2-3-15(9-16)12-26-32(30,31)18-6-7-18/h2-5,8-11,13,18,26H,6-7,12H2,1H3,(H,24,25)(H2,23,27,28,29). The largest absolute Gasteiger partial charge is 0.345 e. The first-order valence-electron chi connectivity index (χ1n) is 10.3. The van der Waals surface area contributed by atoms with Gasteiger partial charge in [0.25, 0.3) is 0 Å². The van der Waals surface area contributed by atoms with Gasteiger partial charge in [-0.1, -0.05) is 12.1 Å². The highest BCUT2D eigenvalue weighted by atomic mass is 32.2. The van der Waals surface area contributed by atoms with Crippen LogP contribution < -0.4 is 15.4 Å². The third kappa shape index (κ3) is 4.56. The average molecular weight is 450 g/mol. The number of nitrogens with one attached hydrogen (secondary N) is 4. The molecule has 0 spiro atoms. The quantitative estimate of drug-likeness (QED) is 0.323. The Morgan fingerprint density at radius 1 is 1.06 bits per heavy atom. The number of aromatic amines is 1. The molecule has 5 rings (SSSR count). The SMILES string of the molecule is Cc1cnc(Nc2ccc3[nH]cnc3c2)nc1Nc1cccc(CNS(=O)(=O)C2CC2)c1. The van der Waals surface area contributed by atoms with E-state index in [1.54, 1.807) is 12.5 Å². The number of anilines is 4. The molecule has 1 saturated carbocycles. The molecule has 0 atom stereocenters. The molecule has 0 aliphatic heterocycles. The second kappa shape index (κ2) is 8.21. The molecule has 32 heavy (non-hydrogen) atoms. The van der Waals surface area contributed by atoms with Crippen LogP contribution in [0.4, 0.5) is 23.1 Å². The number of hydrogen-bond acceptors (Lipinski definition) is 7. The summed E-state index contributed by atoms with van der Waals surface area (Å²) < 4.78 is 26.8. The zero-order valence-electron chi connectivity index (χ0n) is 17.5. The van der Waals surface area contributed by atoms with E-state index in [2.05, 4.69) is 35.3 Å². The number of aromatic nitrogens is 4. The molecule has 0 saturated heterocycles. The molecule has 0 radical (unpaired) electrons. The number of imidazole rings is 1. The van der Waals surface area contributed by atoms with Gasteiger partial charge in [0.15, 0.2) is 0 Å². The van der Waals surface area contributed by atoms with Crippen molar-refractivity contribution in [2.45, 2.75) is 31.6 Å². The summed E-state index contributed by atoms with van der Waals surface area (Å²) in [5.74, 6) is 1.13. The molecule has 10 heteroatoms. The average Bonchev–Trinajstić information content (AvgIpc) is 3.55. The van der Waals surface area contributed by atoms with E-state index in [1.165, 1.54) is 0 Å². The Bertz CT molecular complexity index is 1380. The monoisotopic (exact) mass is 449 g/mol. The number of sulfonamides is 1. The molecule has 164 valence electrons. The number of nitrogens with zero attached hydrogens (tertiary/aromatic N) is 3. The minimum absolute atomic E-state index is 0.230. The van der Waals surface area contributed by atoms with E-state index in [9.17, 15) is 8.42 Å². The first kappa shape index (κ1) is 20.4. The van der Waals surface area contributed by atoms with Crippen LogP contribution in [-0.4, -0.2) is 33.6 Å². The van der Waals surface area contributed by atoms with Crippen molar-refractivity contribution in [3.8, 4) is 0 Å². The normalized spacial score (nSPS) is 13.9. The summed E-state index contributed by atoms with van der Waals surface area (Å²) in [5, 5.41) is 6.29. The maximum atomic E-state index is 12.1. The van der Waals surface area contributed by atoms with Crippen molar-refractivity contribution in [2.75, 3.05) is 10.6 Å². The van der Waals surface area contributed by atoms with Gasteiger partial charge in [-0.15, -0.1) is 0 Å². The van der Waals surface area contributed by atoms with Crippen molar-refractivity contribution in [2.24, 2.45) is 0 Å². The summed E-state index contributed by atoms with van der Waals surface area (Å²) in [4.78, 5) is 16.3. The summed E-state index contributed by atoms with van der Waals surface area (Å²) in [6.45, 7) is 2.19. The van der Waals surface area contributed by atoms with Crippen molar-refractivity contribution in [3.05, 3.63) is 66.1 Å². The number of hydrogen-bond donors (Lipinski definition) is 4. The van der Waals surface area contributed by atoms with E-state index in [1.807, 2.05) is 49.4 Å². The van der Waals surface area contributed by atoms with Crippen LogP contribution in [0, 0.1) is 6.92 Å². The summed E-state index contributed by atoms with van der Waals surface area (Å²) in [7, 11) is -3.21. The maximum Gasteiger partial charge on any atom is 0.229 e. The fourth-order valence-electron chi connectivity index (χ4n) is 3.34. The molecule has 4 aromatic rings. The van der Waals surface area contributed by atoms with Gasteiger partial charge in [-0.3, -0.25) is 0 Å². The molecule has 2 heterocycles. The van der Waals surface area contributed by atoms with Crippen molar-refractivity contribution in [3.63, 3.8) is 0 Å². The van der Waals surface area contributed by atoms with E-state index in [4.69, 9.17) is 0 Å². The van der Waals surface area contributed by atoms with Gasteiger partial charge in [-0.2, -0.15) is 4.98 Å². The zero-order chi connectivity index (χ0) is 22.1. The fourth-order valence-corrected chi connectivity index (χ4v) is 4.70. The number of rotatable bonds is 8. The predicted octanol–water partition coefficient (Wildman–Crippen LogP) is 3.73. The van der Waals surface area contributed by atoms with Crippen LogP contribution in [0.5, 0.6) is 0 Å². The van der Waals surface area contributed by atoms with Crippen molar-refractivity contribution in [1.82, 2.24) is 24.7 Å². The van der Waals surface area contributed by atoms with Gasteiger partial charge in [0, 0.05) is 29.7 Å². The summed E-state index contributed by atoms with van der Waals surface area (Å²) >= 11 is 0. The van der Waals surface area contributed by atoms with E-state index < -0.39 is 10.0 Å². The van der Waals surface area contributed by atoms with Gasteiger partial charge in [0.2, 0.25) is 16.0 Å². The lowest BCUT2D eigenvalue weighted by molar-refractivity contribution is 0.580. The van der Waals surface area contributed by atoms with Gasteiger partial charge in [0.1, 0.15) is 5.82 Å². The lowest BCUT2D eigenvalue weighted by Crippen LogP contribution is -2.26. The second-order valence-electron chi connectivity index (χ2n) is 7.88. The summed E-state index contributed by atoms with van der Waals surface area (Å²) in [5.41, 5.74) is 5.23. The number of benzene rings is 2. The first-order valence-corrected chi connectivity index (χ1v) is 11.9. The molecule has 0 amide bonds. The second-order valence-corrected chi connectivity index (χ2v) is 9.92. The van der Waals surface area contributed by atoms with E-state index in [0.29, 0.717) is 11.8 Å². The van der Waals surface area contributed by atoms with Crippen molar-refractivity contribution < 1.29 is 8.42 Å². The third-order valence-corrected chi connectivity index (χ3v) is 7.18. The molecule has 4 N–H and O–H groups in total.